The maximum absolute atomic E-state index is 12.0. The summed E-state index contributed by atoms with van der Waals surface area (Å²) in [6.45, 7) is 1.92. The molecule has 0 saturated carbocycles. The van der Waals surface area contributed by atoms with Gasteiger partial charge in [0.2, 0.25) is 5.88 Å². The number of amides is 1. The number of nitrogens with one attached hydrogen (secondary N) is 1. The number of carbonyl (C=O) groups is 1. The first-order valence-electron chi connectivity index (χ1n) is 5.53. The van der Waals surface area contributed by atoms with Crippen molar-refractivity contribution in [1.29, 1.82) is 0 Å². The number of aromatic nitrogens is 2. The third-order valence-electron chi connectivity index (χ3n) is 2.46. The molecule has 0 unspecified atom stereocenters. The molecule has 1 amide bonds. The number of hydrogen-bond donors (Lipinski definition) is 1. The van der Waals surface area contributed by atoms with Crippen LogP contribution < -0.4 is 10.1 Å². The van der Waals surface area contributed by atoms with Gasteiger partial charge in [-0.05, 0) is 24.6 Å². The minimum Gasteiger partial charge on any atom is -0.481 e. The third kappa shape index (κ3) is 3.20. The van der Waals surface area contributed by atoms with Crippen molar-refractivity contribution >= 4 is 23.2 Å². The van der Waals surface area contributed by atoms with E-state index < -0.39 is 0 Å². The van der Waals surface area contributed by atoms with Gasteiger partial charge in [-0.3, -0.25) is 4.79 Å². The summed E-state index contributed by atoms with van der Waals surface area (Å²) in [6, 6.07) is 6.84. The van der Waals surface area contributed by atoms with E-state index in [0.717, 1.165) is 5.56 Å². The number of rotatable bonds is 3. The third-order valence-corrected chi connectivity index (χ3v) is 2.77. The first-order chi connectivity index (χ1) is 9.10. The van der Waals surface area contributed by atoms with Crippen LogP contribution in [-0.4, -0.2) is 23.0 Å². The molecule has 1 aromatic heterocycles. The molecule has 0 spiro atoms. The topological polar surface area (TPSA) is 64.1 Å². The molecule has 0 radical (unpaired) electrons. The number of anilines is 1. The fourth-order valence-corrected chi connectivity index (χ4v) is 1.77. The summed E-state index contributed by atoms with van der Waals surface area (Å²) in [7, 11) is 1.47. The number of ether oxygens (including phenoxy) is 1. The van der Waals surface area contributed by atoms with Crippen molar-refractivity contribution in [3.63, 3.8) is 0 Å². The predicted molar refractivity (Wildman–Crippen MR) is 72.7 cm³/mol. The van der Waals surface area contributed by atoms with Gasteiger partial charge in [-0.25, -0.2) is 9.97 Å². The highest BCUT2D eigenvalue weighted by Gasteiger charge is 2.11. The Bertz CT molecular complexity index is 617. The van der Waals surface area contributed by atoms with Crippen molar-refractivity contribution < 1.29 is 9.53 Å². The summed E-state index contributed by atoms with van der Waals surface area (Å²) in [5, 5.41) is 3.17. The van der Waals surface area contributed by atoms with E-state index in [4.69, 9.17) is 16.3 Å². The molecular formula is C13H12ClN3O2. The Morgan fingerprint density at radius 2 is 2.11 bits per heavy atom. The largest absolute Gasteiger partial charge is 0.481 e. The molecule has 98 valence electrons. The molecule has 0 aliphatic rings. The smallest absolute Gasteiger partial charge is 0.274 e. The van der Waals surface area contributed by atoms with Gasteiger partial charge in [-0.15, -0.1) is 0 Å². The molecule has 0 fully saturated rings. The molecule has 1 N–H and O–H groups in total. The second-order valence-corrected chi connectivity index (χ2v) is 4.29. The summed E-state index contributed by atoms with van der Waals surface area (Å²) >= 11 is 6.05. The van der Waals surface area contributed by atoms with Gasteiger partial charge >= 0.3 is 0 Å². The highest BCUT2D eigenvalue weighted by molar-refractivity contribution is 6.34. The van der Waals surface area contributed by atoms with Gasteiger partial charge in [0, 0.05) is 6.07 Å². The first kappa shape index (κ1) is 13.3. The standard InChI is InChI=1S/C13H12ClN3O2/c1-8-3-4-10(9(14)5-8)17-13(18)11-6-12(19-2)16-7-15-11/h3-7H,1-2H3,(H,17,18). The molecule has 2 rings (SSSR count). The number of hydrogen-bond acceptors (Lipinski definition) is 4. The van der Waals surface area contributed by atoms with Crippen LogP contribution in [0.2, 0.25) is 5.02 Å². The summed E-state index contributed by atoms with van der Waals surface area (Å²) in [4.78, 5) is 19.7. The van der Waals surface area contributed by atoms with E-state index in [-0.39, 0.29) is 11.6 Å². The second-order valence-electron chi connectivity index (χ2n) is 3.88. The first-order valence-corrected chi connectivity index (χ1v) is 5.91. The van der Waals surface area contributed by atoms with Gasteiger partial charge in [-0.1, -0.05) is 17.7 Å². The Hall–Kier alpha value is -2.14. The van der Waals surface area contributed by atoms with Gasteiger partial charge < -0.3 is 10.1 Å². The lowest BCUT2D eigenvalue weighted by Crippen LogP contribution is -2.14. The summed E-state index contributed by atoms with van der Waals surface area (Å²) in [6.07, 6.45) is 1.27. The van der Waals surface area contributed by atoms with Gasteiger partial charge in [0.05, 0.1) is 17.8 Å². The van der Waals surface area contributed by atoms with Crippen LogP contribution in [-0.2, 0) is 0 Å². The molecule has 1 heterocycles. The van der Waals surface area contributed by atoms with Gasteiger partial charge in [-0.2, -0.15) is 0 Å². The molecule has 1 aromatic carbocycles. The fraction of sp³-hybridized carbons (Fsp3) is 0.154. The zero-order valence-electron chi connectivity index (χ0n) is 10.5. The van der Waals surface area contributed by atoms with E-state index in [2.05, 4.69) is 15.3 Å². The van der Waals surface area contributed by atoms with Gasteiger partial charge in [0.25, 0.3) is 5.91 Å². The van der Waals surface area contributed by atoms with Crippen LogP contribution in [0.4, 0.5) is 5.69 Å². The number of nitrogens with zero attached hydrogens (tertiary/aromatic N) is 2. The predicted octanol–water partition coefficient (Wildman–Crippen LogP) is 2.70. The Morgan fingerprint density at radius 3 is 2.79 bits per heavy atom. The number of carbonyl (C=O) groups excluding carboxylic acids is 1. The number of methoxy groups -OCH3 is 1. The molecule has 5 nitrogen and oxygen atoms in total. The summed E-state index contributed by atoms with van der Waals surface area (Å²) in [5.74, 6) is -0.0402. The van der Waals surface area contributed by atoms with E-state index in [1.54, 1.807) is 12.1 Å². The molecule has 6 heteroatoms. The second kappa shape index (κ2) is 5.67. The SMILES string of the molecule is COc1cc(C(=O)Nc2ccc(C)cc2Cl)ncn1. The number of halogens is 1. The molecule has 0 saturated heterocycles. The van der Waals surface area contributed by atoms with Crippen LogP contribution in [0.15, 0.2) is 30.6 Å². The van der Waals surface area contributed by atoms with Crippen molar-refractivity contribution in [3.8, 4) is 5.88 Å². The Labute approximate surface area is 115 Å². The van der Waals surface area contributed by atoms with E-state index >= 15 is 0 Å². The van der Waals surface area contributed by atoms with Crippen LogP contribution >= 0.6 is 11.6 Å². The van der Waals surface area contributed by atoms with E-state index in [1.807, 2.05) is 13.0 Å². The molecule has 0 aliphatic carbocycles. The minimum atomic E-state index is -0.369. The van der Waals surface area contributed by atoms with E-state index in [0.29, 0.717) is 16.6 Å². The van der Waals surface area contributed by atoms with Crippen molar-refractivity contribution in [2.24, 2.45) is 0 Å². The van der Waals surface area contributed by atoms with Crippen LogP contribution in [0.1, 0.15) is 16.1 Å². The van der Waals surface area contributed by atoms with Crippen LogP contribution in [0.25, 0.3) is 0 Å². The van der Waals surface area contributed by atoms with Crippen molar-refractivity contribution in [2.75, 3.05) is 12.4 Å². The quantitative estimate of drug-likeness (QED) is 0.937. The average molecular weight is 278 g/mol. The molecule has 0 atom stereocenters. The monoisotopic (exact) mass is 277 g/mol. The summed E-state index contributed by atoms with van der Waals surface area (Å²) in [5.41, 5.74) is 1.77. The minimum absolute atomic E-state index is 0.212. The number of benzene rings is 1. The number of aryl methyl sites for hydroxylation is 1. The highest BCUT2D eigenvalue weighted by atomic mass is 35.5. The zero-order chi connectivity index (χ0) is 13.8. The molecule has 0 bridgehead atoms. The van der Waals surface area contributed by atoms with Crippen LogP contribution in [0.3, 0.4) is 0 Å². The van der Waals surface area contributed by atoms with Crippen LogP contribution in [0.5, 0.6) is 5.88 Å². The lowest BCUT2D eigenvalue weighted by Gasteiger charge is -2.07. The van der Waals surface area contributed by atoms with E-state index in [9.17, 15) is 4.79 Å². The lowest BCUT2D eigenvalue weighted by molar-refractivity contribution is 0.102. The Balaban J connectivity index is 2.20. The highest BCUT2D eigenvalue weighted by Crippen LogP contribution is 2.23. The lowest BCUT2D eigenvalue weighted by atomic mass is 10.2. The maximum Gasteiger partial charge on any atom is 0.274 e. The molecule has 0 aliphatic heterocycles. The van der Waals surface area contributed by atoms with Crippen molar-refractivity contribution in [3.05, 3.63) is 46.9 Å². The molecule has 19 heavy (non-hydrogen) atoms. The van der Waals surface area contributed by atoms with Crippen molar-refractivity contribution in [1.82, 2.24) is 9.97 Å². The Kier molecular flexibility index (Phi) is 3.97. The van der Waals surface area contributed by atoms with Crippen molar-refractivity contribution in [2.45, 2.75) is 6.92 Å². The van der Waals surface area contributed by atoms with Gasteiger partial charge in [0.1, 0.15) is 12.0 Å². The molecule has 2 aromatic rings. The molecular weight excluding hydrogens is 266 g/mol. The van der Waals surface area contributed by atoms with Gasteiger partial charge in [0.15, 0.2) is 0 Å². The fourth-order valence-electron chi connectivity index (χ4n) is 1.48. The zero-order valence-corrected chi connectivity index (χ0v) is 11.2. The average Bonchev–Trinajstić information content (AvgIpc) is 2.42. The maximum atomic E-state index is 12.0. The van der Waals surface area contributed by atoms with Crippen LogP contribution in [0, 0.1) is 6.92 Å². The van der Waals surface area contributed by atoms with E-state index in [1.165, 1.54) is 19.5 Å². The normalized spacial score (nSPS) is 10.1. The Morgan fingerprint density at radius 1 is 1.32 bits per heavy atom. The summed E-state index contributed by atoms with van der Waals surface area (Å²) < 4.78 is 4.94.